The Morgan fingerprint density at radius 2 is 1.88 bits per heavy atom. The Bertz CT molecular complexity index is 882. The zero-order valence-corrected chi connectivity index (χ0v) is 15.8. The number of benzene rings is 2. The van der Waals surface area contributed by atoms with Crippen LogP contribution in [-0.4, -0.2) is 28.5 Å². The molecule has 6 nitrogen and oxygen atoms in total. The van der Waals surface area contributed by atoms with Crippen LogP contribution in [0.4, 0.5) is 5.69 Å². The Morgan fingerprint density at radius 3 is 2.46 bits per heavy atom. The van der Waals surface area contributed by atoms with Crippen molar-refractivity contribution in [1.82, 2.24) is 4.72 Å². The lowest BCUT2D eigenvalue weighted by Crippen LogP contribution is -2.20. The van der Waals surface area contributed by atoms with Crippen LogP contribution in [0.1, 0.15) is 15.9 Å². The summed E-state index contributed by atoms with van der Waals surface area (Å²) in [6, 6.07) is 9.71. The largest absolute Gasteiger partial charge is 0.495 e. The summed E-state index contributed by atoms with van der Waals surface area (Å²) in [4.78, 5) is 12.3. The van der Waals surface area contributed by atoms with Gasteiger partial charge in [0.15, 0.2) is 0 Å². The van der Waals surface area contributed by atoms with E-state index in [4.69, 9.17) is 4.74 Å². The minimum absolute atomic E-state index is 0.0901. The number of methoxy groups -OCH3 is 1. The first-order chi connectivity index (χ1) is 11.3. The number of rotatable bonds is 5. The highest BCUT2D eigenvalue weighted by Crippen LogP contribution is 2.26. The predicted octanol–water partition coefficient (Wildman–Crippen LogP) is 2.93. The molecule has 0 aliphatic rings. The Balaban J connectivity index is 2.38. The second kappa shape index (κ2) is 7.33. The first-order valence-electron chi connectivity index (χ1n) is 6.97. The van der Waals surface area contributed by atoms with Gasteiger partial charge in [0, 0.05) is 15.7 Å². The van der Waals surface area contributed by atoms with Crippen molar-refractivity contribution in [3.05, 3.63) is 52.0 Å². The Kier molecular flexibility index (Phi) is 5.63. The summed E-state index contributed by atoms with van der Waals surface area (Å²) in [5.41, 5.74) is 1.75. The highest BCUT2D eigenvalue weighted by atomic mass is 79.9. The Labute approximate surface area is 149 Å². The van der Waals surface area contributed by atoms with E-state index < -0.39 is 15.9 Å². The van der Waals surface area contributed by atoms with Gasteiger partial charge < -0.3 is 10.1 Å². The molecule has 2 N–H and O–H groups in total. The number of nitrogens with one attached hydrogen (secondary N) is 2. The molecule has 1 amide bonds. The van der Waals surface area contributed by atoms with Crippen molar-refractivity contribution in [1.29, 1.82) is 0 Å². The molecule has 0 unspecified atom stereocenters. The van der Waals surface area contributed by atoms with Crippen molar-refractivity contribution in [2.75, 3.05) is 19.5 Å². The molecular formula is C16H17BrN2O4S. The average Bonchev–Trinajstić information content (AvgIpc) is 2.56. The van der Waals surface area contributed by atoms with Gasteiger partial charge in [0.1, 0.15) is 10.6 Å². The van der Waals surface area contributed by atoms with Gasteiger partial charge in [0.25, 0.3) is 5.91 Å². The highest BCUT2D eigenvalue weighted by molar-refractivity contribution is 9.10. The van der Waals surface area contributed by atoms with Gasteiger partial charge in [0.05, 0.1) is 7.11 Å². The molecule has 128 valence electrons. The lowest BCUT2D eigenvalue weighted by atomic mass is 10.1. The molecule has 0 heterocycles. The SMILES string of the molecule is CNS(=O)(=O)c1cc(C(=O)Nc2ccc(Br)cc2C)ccc1OC. The average molecular weight is 413 g/mol. The van der Waals surface area contributed by atoms with Gasteiger partial charge in [-0.3, -0.25) is 4.79 Å². The third-order valence-electron chi connectivity index (χ3n) is 3.42. The van der Waals surface area contributed by atoms with E-state index in [2.05, 4.69) is 26.0 Å². The van der Waals surface area contributed by atoms with E-state index in [1.807, 2.05) is 19.1 Å². The molecule has 0 saturated carbocycles. The first kappa shape index (κ1) is 18.4. The first-order valence-corrected chi connectivity index (χ1v) is 9.25. The van der Waals surface area contributed by atoms with Crippen LogP contribution in [0.5, 0.6) is 5.75 Å². The number of hydrogen-bond donors (Lipinski definition) is 2. The third-order valence-corrected chi connectivity index (χ3v) is 5.35. The minimum Gasteiger partial charge on any atom is -0.495 e. The zero-order chi connectivity index (χ0) is 17.9. The molecule has 0 radical (unpaired) electrons. The van der Waals surface area contributed by atoms with Crippen molar-refractivity contribution in [3.63, 3.8) is 0 Å². The second-order valence-electron chi connectivity index (χ2n) is 4.99. The number of halogens is 1. The predicted molar refractivity (Wildman–Crippen MR) is 96.1 cm³/mol. The van der Waals surface area contributed by atoms with Crippen LogP contribution in [0, 0.1) is 6.92 Å². The van der Waals surface area contributed by atoms with E-state index in [1.165, 1.54) is 32.4 Å². The van der Waals surface area contributed by atoms with E-state index in [9.17, 15) is 13.2 Å². The standard InChI is InChI=1S/C16H17BrN2O4S/c1-10-8-12(17)5-6-13(10)19-16(20)11-4-7-14(23-3)15(9-11)24(21,22)18-2/h4-9,18H,1-3H3,(H,19,20). The summed E-state index contributed by atoms with van der Waals surface area (Å²) in [7, 11) is -1.08. The van der Waals surface area contributed by atoms with Gasteiger partial charge in [0.2, 0.25) is 10.0 Å². The molecule has 0 bridgehead atoms. The summed E-state index contributed by atoms with van der Waals surface area (Å²) in [5, 5.41) is 2.77. The Hall–Kier alpha value is -1.90. The number of hydrogen-bond acceptors (Lipinski definition) is 4. The van der Waals surface area contributed by atoms with Crippen LogP contribution < -0.4 is 14.8 Å². The van der Waals surface area contributed by atoms with Crippen molar-refractivity contribution >= 4 is 37.5 Å². The van der Waals surface area contributed by atoms with Gasteiger partial charge >= 0.3 is 0 Å². The summed E-state index contributed by atoms with van der Waals surface area (Å²) in [5.74, 6) is -0.239. The van der Waals surface area contributed by atoms with Crippen molar-refractivity contribution in [3.8, 4) is 5.75 Å². The van der Waals surface area contributed by atoms with E-state index in [-0.39, 0.29) is 16.2 Å². The van der Waals surface area contributed by atoms with E-state index in [0.717, 1.165) is 10.0 Å². The summed E-state index contributed by atoms with van der Waals surface area (Å²) >= 11 is 3.36. The van der Waals surface area contributed by atoms with Crippen LogP contribution in [0.3, 0.4) is 0 Å². The molecule has 24 heavy (non-hydrogen) atoms. The summed E-state index contributed by atoms with van der Waals surface area (Å²) in [6.45, 7) is 1.87. The number of carbonyl (C=O) groups excluding carboxylic acids is 1. The van der Waals surface area contributed by atoms with Gasteiger partial charge in [-0.05, 0) is 55.9 Å². The summed E-state index contributed by atoms with van der Waals surface area (Å²) in [6.07, 6.45) is 0. The lowest BCUT2D eigenvalue weighted by Gasteiger charge is -2.12. The highest BCUT2D eigenvalue weighted by Gasteiger charge is 2.20. The molecule has 0 aromatic heterocycles. The smallest absolute Gasteiger partial charge is 0.255 e. The molecule has 0 saturated heterocycles. The third kappa shape index (κ3) is 3.95. The fourth-order valence-corrected chi connectivity index (χ4v) is 3.49. The van der Waals surface area contributed by atoms with Crippen LogP contribution in [0.25, 0.3) is 0 Å². The lowest BCUT2D eigenvalue weighted by molar-refractivity contribution is 0.102. The van der Waals surface area contributed by atoms with Crippen molar-refractivity contribution in [2.45, 2.75) is 11.8 Å². The maximum atomic E-state index is 12.4. The Morgan fingerprint density at radius 1 is 1.17 bits per heavy atom. The second-order valence-corrected chi connectivity index (χ2v) is 7.76. The minimum atomic E-state index is -3.74. The number of anilines is 1. The van der Waals surface area contributed by atoms with Gasteiger partial charge in [-0.2, -0.15) is 0 Å². The van der Waals surface area contributed by atoms with Gasteiger partial charge in [-0.25, -0.2) is 13.1 Å². The fraction of sp³-hybridized carbons (Fsp3) is 0.188. The van der Waals surface area contributed by atoms with Gasteiger partial charge in [-0.1, -0.05) is 15.9 Å². The van der Waals surface area contributed by atoms with Crippen LogP contribution >= 0.6 is 15.9 Å². The maximum absolute atomic E-state index is 12.4. The summed E-state index contributed by atoms with van der Waals surface area (Å²) < 4.78 is 32.3. The number of carbonyl (C=O) groups is 1. The van der Waals surface area contributed by atoms with Crippen LogP contribution in [0.15, 0.2) is 45.8 Å². The number of amides is 1. The molecule has 0 aliphatic heterocycles. The molecule has 2 rings (SSSR count). The normalized spacial score (nSPS) is 11.2. The molecule has 0 atom stereocenters. The molecule has 0 aliphatic carbocycles. The number of aryl methyl sites for hydroxylation is 1. The molecular weight excluding hydrogens is 396 g/mol. The number of ether oxygens (including phenoxy) is 1. The van der Waals surface area contributed by atoms with E-state index >= 15 is 0 Å². The zero-order valence-electron chi connectivity index (χ0n) is 13.4. The molecule has 2 aromatic rings. The fourth-order valence-electron chi connectivity index (χ4n) is 2.10. The van der Waals surface area contributed by atoms with E-state index in [1.54, 1.807) is 6.07 Å². The van der Waals surface area contributed by atoms with Crippen molar-refractivity contribution in [2.24, 2.45) is 0 Å². The van der Waals surface area contributed by atoms with E-state index in [0.29, 0.717) is 5.69 Å². The topological polar surface area (TPSA) is 84.5 Å². The van der Waals surface area contributed by atoms with Gasteiger partial charge in [-0.15, -0.1) is 0 Å². The van der Waals surface area contributed by atoms with Crippen LogP contribution in [-0.2, 0) is 10.0 Å². The molecule has 8 heteroatoms. The maximum Gasteiger partial charge on any atom is 0.255 e. The van der Waals surface area contributed by atoms with Crippen LogP contribution in [0.2, 0.25) is 0 Å². The molecule has 0 spiro atoms. The monoisotopic (exact) mass is 412 g/mol. The number of sulfonamides is 1. The molecule has 0 fully saturated rings. The van der Waals surface area contributed by atoms with Crippen molar-refractivity contribution < 1.29 is 17.9 Å². The quantitative estimate of drug-likeness (QED) is 0.790. The molecule has 2 aromatic carbocycles.